The van der Waals surface area contributed by atoms with Crippen LogP contribution < -0.4 is 14.4 Å². The Morgan fingerprint density at radius 3 is 2.65 bits per heavy atom. The summed E-state index contributed by atoms with van der Waals surface area (Å²) in [5.41, 5.74) is 0. The predicted octanol–water partition coefficient (Wildman–Crippen LogP) is 0.890. The van der Waals surface area contributed by atoms with Crippen LogP contribution in [0.15, 0.2) is 6.07 Å². The molecule has 1 saturated heterocycles. The molecule has 20 heavy (non-hydrogen) atoms. The van der Waals surface area contributed by atoms with Gasteiger partial charge in [0.1, 0.15) is 0 Å². The Bertz CT molecular complexity index is 464. The predicted molar refractivity (Wildman–Crippen MR) is 75.8 cm³/mol. The van der Waals surface area contributed by atoms with Crippen molar-refractivity contribution in [2.24, 2.45) is 0 Å². The van der Waals surface area contributed by atoms with Crippen LogP contribution in [0.4, 0.5) is 5.95 Å². The minimum absolute atomic E-state index is 0.0654. The third kappa shape index (κ3) is 3.44. The van der Waals surface area contributed by atoms with E-state index in [0.29, 0.717) is 24.3 Å². The van der Waals surface area contributed by atoms with E-state index in [0.717, 1.165) is 11.5 Å². The highest BCUT2D eigenvalue weighted by Gasteiger charge is 2.27. The van der Waals surface area contributed by atoms with Crippen LogP contribution in [-0.2, 0) is 4.79 Å². The number of nitrogens with zero attached hydrogens (tertiary/aromatic N) is 3. The number of hydrogen-bond donors (Lipinski definition) is 1. The summed E-state index contributed by atoms with van der Waals surface area (Å²) in [5.74, 6) is 2.09. The molecule has 0 bridgehead atoms. The Balaban J connectivity index is 2.28. The summed E-state index contributed by atoms with van der Waals surface area (Å²) in [6, 6.07) is 1.47. The van der Waals surface area contributed by atoms with Crippen LogP contribution >= 0.6 is 11.8 Å². The number of rotatable bonds is 5. The van der Waals surface area contributed by atoms with Crippen molar-refractivity contribution in [3.05, 3.63) is 6.07 Å². The standard InChI is InChI=1S/C12H17N3O4S/c1-18-9-6-10(19-2)14-12(13-9)15-3-4-20-7-8(15)5-11(16)17/h6,8H,3-5,7H2,1-2H3,(H,16,17). The fourth-order valence-electron chi connectivity index (χ4n) is 2.02. The Labute approximate surface area is 121 Å². The third-order valence-electron chi connectivity index (χ3n) is 2.98. The van der Waals surface area contributed by atoms with Gasteiger partial charge in [-0.1, -0.05) is 0 Å². The van der Waals surface area contributed by atoms with Gasteiger partial charge >= 0.3 is 5.97 Å². The molecule has 1 N–H and O–H groups in total. The number of ether oxygens (including phenoxy) is 2. The molecular weight excluding hydrogens is 282 g/mol. The summed E-state index contributed by atoms with van der Waals surface area (Å²) in [5, 5.41) is 9.01. The molecular formula is C12H17N3O4S. The van der Waals surface area contributed by atoms with Crippen molar-refractivity contribution in [3.63, 3.8) is 0 Å². The average molecular weight is 299 g/mol. The van der Waals surface area contributed by atoms with Gasteiger partial charge in [-0.25, -0.2) is 0 Å². The van der Waals surface area contributed by atoms with Crippen molar-refractivity contribution in [1.82, 2.24) is 9.97 Å². The molecule has 0 amide bonds. The number of methoxy groups -OCH3 is 2. The van der Waals surface area contributed by atoms with Crippen molar-refractivity contribution in [1.29, 1.82) is 0 Å². The second kappa shape index (κ2) is 6.65. The molecule has 1 aromatic heterocycles. The van der Waals surface area contributed by atoms with Gasteiger partial charge in [-0.15, -0.1) is 0 Å². The van der Waals surface area contributed by atoms with Crippen molar-refractivity contribution in [2.45, 2.75) is 12.5 Å². The summed E-state index contributed by atoms with van der Waals surface area (Å²) in [4.78, 5) is 21.5. The van der Waals surface area contributed by atoms with Crippen LogP contribution in [0.1, 0.15) is 6.42 Å². The van der Waals surface area contributed by atoms with Gasteiger partial charge in [0, 0.05) is 18.1 Å². The molecule has 1 unspecified atom stereocenters. The maximum Gasteiger partial charge on any atom is 0.305 e. The maximum absolute atomic E-state index is 11.0. The van der Waals surface area contributed by atoms with Crippen molar-refractivity contribution in [2.75, 3.05) is 37.2 Å². The van der Waals surface area contributed by atoms with E-state index >= 15 is 0 Å². The van der Waals surface area contributed by atoms with Gasteiger partial charge in [-0.2, -0.15) is 21.7 Å². The number of hydrogen-bond acceptors (Lipinski definition) is 7. The minimum Gasteiger partial charge on any atom is -0.481 e. The van der Waals surface area contributed by atoms with Crippen molar-refractivity contribution in [3.8, 4) is 11.8 Å². The van der Waals surface area contributed by atoms with E-state index in [1.54, 1.807) is 17.8 Å². The van der Waals surface area contributed by atoms with Crippen molar-refractivity contribution >= 4 is 23.7 Å². The Hall–Kier alpha value is -1.70. The van der Waals surface area contributed by atoms with Crippen molar-refractivity contribution < 1.29 is 19.4 Å². The first-order valence-electron chi connectivity index (χ1n) is 6.17. The highest BCUT2D eigenvalue weighted by Crippen LogP contribution is 2.26. The molecule has 1 aliphatic heterocycles. The van der Waals surface area contributed by atoms with Gasteiger partial charge in [0.15, 0.2) is 0 Å². The van der Waals surface area contributed by atoms with E-state index in [9.17, 15) is 4.79 Å². The first-order valence-corrected chi connectivity index (χ1v) is 7.32. The van der Waals surface area contributed by atoms with Crippen LogP contribution in [0.2, 0.25) is 0 Å². The lowest BCUT2D eigenvalue weighted by molar-refractivity contribution is -0.137. The van der Waals surface area contributed by atoms with E-state index < -0.39 is 5.97 Å². The lowest BCUT2D eigenvalue weighted by Crippen LogP contribution is -2.44. The van der Waals surface area contributed by atoms with E-state index in [4.69, 9.17) is 14.6 Å². The molecule has 1 atom stereocenters. The molecule has 0 aliphatic carbocycles. The number of carboxylic acid groups (broad SMARTS) is 1. The third-order valence-corrected chi connectivity index (χ3v) is 4.07. The molecule has 0 aromatic carbocycles. The zero-order chi connectivity index (χ0) is 14.5. The Kier molecular flexibility index (Phi) is 4.89. The summed E-state index contributed by atoms with van der Waals surface area (Å²) in [7, 11) is 3.04. The fourth-order valence-corrected chi connectivity index (χ4v) is 3.08. The largest absolute Gasteiger partial charge is 0.481 e. The number of aliphatic carboxylic acids is 1. The highest BCUT2D eigenvalue weighted by molar-refractivity contribution is 7.99. The zero-order valence-corrected chi connectivity index (χ0v) is 12.2. The summed E-state index contributed by atoms with van der Waals surface area (Å²) in [6.07, 6.45) is 0.0654. The molecule has 7 nitrogen and oxygen atoms in total. The summed E-state index contributed by atoms with van der Waals surface area (Å²) < 4.78 is 10.3. The van der Waals surface area contributed by atoms with Gasteiger partial charge in [0.05, 0.1) is 32.7 Å². The molecule has 0 spiro atoms. The molecule has 2 rings (SSSR count). The van der Waals surface area contributed by atoms with Gasteiger partial charge in [-0.3, -0.25) is 4.79 Å². The van der Waals surface area contributed by atoms with Crippen LogP contribution in [-0.4, -0.2) is 59.4 Å². The molecule has 1 fully saturated rings. The number of anilines is 1. The van der Waals surface area contributed by atoms with E-state index in [2.05, 4.69) is 9.97 Å². The first-order chi connectivity index (χ1) is 9.63. The molecule has 0 radical (unpaired) electrons. The van der Waals surface area contributed by atoms with Gasteiger partial charge in [-0.05, 0) is 0 Å². The minimum atomic E-state index is -0.822. The number of aromatic nitrogens is 2. The molecule has 110 valence electrons. The normalized spacial score (nSPS) is 18.7. The van der Waals surface area contributed by atoms with Crippen LogP contribution in [0.5, 0.6) is 11.8 Å². The number of carboxylic acids is 1. The van der Waals surface area contributed by atoms with E-state index in [1.807, 2.05) is 4.90 Å². The van der Waals surface area contributed by atoms with Gasteiger partial charge < -0.3 is 19.5 Å². The van der Waals surface area contributed by atoms with Crippen LogP contribution in [0.3, 0.4) is 0 Å². The zero-order valence-electron chi connectivity index (χ0n) is 11.4. The lowest BCUT2D eigenvalue weighted by Gasteiger charge is -2.34. The molecule has 2 heterocycles. The second-order valence-electron chi connectivity index (χ2n) is 4.27. The molecule has 1 aromatic rings. The smallest absolute Gasteiger partial charge is 0.305 e. The molecule has 1 aliphatic rings. The maximum atomic E-state index is 11.0. The lowest BCUT2D eigenvalue weighted by atomic mass is 10.2. The summed E-state index contributed by atoms with van der Waals surface area (Å²) >= 11 is 1.74. The monoisotopic (exact) mass is 299 g/mol. The van der Waals surface area contributed by atoms with Crippen LogP contribution in [0.25, 0.3) is 0 Å². The molecule has 8 heteroatoms. The van der Waals surface area contributed by atoms with Crippen LogP contribution in [0, 0.1) is 0 Å². The quantitative estimate of drug-likeness (QED) is 0.858. The summed E-state index contributed by atoms with van der Waals surface area (Å²) in [6.45, 7) is 0.707. The van der Waals surface area contributed by atoms with E-state index in [1.165, 1.54) is 14.2 Å². The highest BCUT2D eigenvalue weighted by atomic mass is 32.2. The Morgan fingerprint density at radius 1 is 1.45 bits per heavy atom. The fraction of sp³-hybridized carbons (Fsp3) is 0.583. The average Bonchev–Trinajstić information content (AvgIpc) is 2.46. The molecule has 0 saturated carbocycles. The first kappa shape index (κ1) is 14.7. The SMILES string of the molecule is COc1cc(OC)nc(N2CCSCC2CC(=O)O)n1. The van der Waals surface area contributed by atoms with E-state index in [-0.39, 0.29) is 12.5 Å². The van der Waals surface area contributed by atoms with Gasteiger partial charge in [0.25, 0.3) is 0 Å². The topological polar surface area (TPSA) is 84.8 Å². The number of thioether (sulfide) groups is 1. The number of carbonyl (C=O) groups is 1. The van der Waals surface area contributed by atoms with Gasteiger partial charge in [0.2, 0.25) is 17.7 Å². The second-order valence-corrected chi connectivity index (χ2v) is 5.42. The Morgan fingerprint density at radius 2 is 2.10 bits per heavy atom.